The van der Waals surface area contributed by atoms with E-state index in [0.717, 1.165) is 17.8 Å². The number of aromatic nitrogens is 2. The molecule has 1 fully saturated rings. The number of rotatable bonds is 5. The second-order valence-electron chi connectivity index (χ2n) is 6.37. The van der Waals surface area contributed by atoms with Crippen molar-refractivity contribution in [3.63, 3.8) is 0 Å². The van der Waals surface area contributed by atoms with Crippen molar-refractivity contribution in [2.24, 2.45) is 0 Å². The van der Waals surface area contributed by atoms with Crippen molar-refractivity contribution in [3.05, 3.63) is 47.2 Å². The molecule has 1 N–H and O–H groups in total. The molecule has 0 radical (unpaired) electrons. The molecule has 0 saturated carbocycles. The summed E-state index contributed by atoms with van der Waals surface area (Å²) in [5, 5.41) is 3.60. The SMILES string of the molecule is CN(C)c1cncc(OC2CCN(C(=O)NCc3ccc(Cl)cc3)C2)n1. The zero-order valence-electron chi connectivity index (χ0n) is 14.9. The molecular weight excluding hydrogens is 354 g/mol. The van der Waals surface area contributed by atoms with E-state index < -0.39 is 0 Å². The van der Waals surface area contributed by atoms with Crippen molar-refractivity contribution in [2.75, 3.05) is 32.1 Å². The van der Waals surface area contributed by atoms with Crippen LogP contribution in [0.25, 0.3) is 0 Å². The van der Waals surface area contributed by atoms with E-state index in [0.29, 0.717) is 30.5 Å². The van der Waals surface area contributed by atoms with Gasteiger partial charge in [-0.2, -0.15) is 4.98 Å². The van der Waals surface area contributed by atoms with Crippen LogP contribution in [0.4, 0.5) is 10.6 Å². The summed E-state index contributed by atoms with van der Waals surface area (Å²) in [5.41, 5.74) is 1.01. The highest BCUT2D eigenvalue weighted by atomic mass is 35.5. The fourth-order valence-electron chi connectivity index (χ4n) is 2.68. The first-order valence-electron chi connectivity index (χ1n) is 8.44. The number of likely N-dealkylation sites (tertiary alicyclic amines) is 1. The minimum Gasteiger partial charge on any atom is -0.471 e. The monoisotopic (exact) mass is 375 g/mol. The zero-order valence-corrected chi connectivity index (χ0v) is 15.6. The number of urea groups is 1. The molecule has 3 rings (SSSR count). The Morgan fingerprint density at radius 2 is 2.12 bits per heavy atom. The number of hydrogen-bond acceptors (Lipinski definition) is 5. The molecule has 1 aromatic carbocycles. The maximum absolute atomic E-state index is 12.3. The number of amides is 2. The lowest BCUT2D eigenvalue weighted by Gasteiger charge is -2.18. The minimum atomic E-state index is -0.0980. The highest BCUT2D eigenvalue weighted by Gasteiger charge is 2.28. The van der Waals surface area contributed by atoms with Crippen molar-refractivity contribution in [1.82, 2.24) is 20.2 Å². The maximum atomic E-state index is 12.3. The average Bonchev–Trinajstić information content (AvgIpc) is 3.10. The molecule has 2 aromatic rings. The van der Waals surface area contributed by atoms with Gasteiger partial charge in [0.2, 0.25) is 5.88 Å². The third kappa shape index (κ3) is 4.76. The Balaban J connectivity index is 1.49. The molecule has 8 heteroatoms. The molecular formula is C18H22ClN5O2. The first-order chi connectivity index (χ1) is 12.5. The Morgan fingerprint density at radius 1 is 1.35 bits per heavy atom. The number of anilines is 1. The van der Waals surface area contributed by atoms with Crippen LogP contribution in [0, 0.1) is 0 Å². The Hall–Kier alpha value is -2.54. The number of halogens is 1. The summed E-state index contributed by atoms with van der Waals surface area (Å²) in [4.78, 5) is 24.5. The first-order valence-corrected chi connectivity index (χ1v) is 8.82. The van der Waals surface area contributed by atoms with Crippen LogP contribution in [0.2, 0.25) is 5.02 Å². The molecule has 0 bridgehead atoms. The van der Waals surface area contributed by atoms with Gasteiger partial charge in [0.1, 0.15) is 6.10 Å². The lowest BCUT2D eigenvalue weighted by Crippen LogP contribution is -2.39. The van der Waals surface area contributed by atoms with Crippen LogP contribution >= 0.6 is 11.6 Å². The largest absolute Gasteiger partial charge is 0.471 e. The molecule has 0 spiro atoms. The van der Waals surface area contributed by atoms with Gasteiger partial charge in [-0.1, -0.05) is 23.7 Å². The summed E-state index contributed by atoms with van der Waals surface area (Å²) in [6.07, 6.45) is 3.96. The molecule has 1 aliphatic rings. The van der Waals surface area contributed by atoms with Gasteiger partial charge in [0.25, 0.3) is 0 Å². The summed E-state index contributed by atoms with van der Waals surface area (Å²) in [5.74, 6) is 1.21. The van der Waals surface area contributed by atoms with Crippen LogP contribution in [-0.2, 0) is 6.54 Å². The third-order valence-corrected chi connectivity index (χ3v) is 4.39. The van der Waals surface area contributed by atoms with Crippen LogP contribution in [-0.4, -0.2) is 54.2 Å². The summed E-state index contributed by atoms with van der Waals surface area (Å²) in [7, 11) is 3.80. The lowest BCUT2D eigenvalue weighted by molar-refractivity contribution is 0.182. The van der Waals surface area contributed by atoms with Gasteiger partial charge in [-0.15, -0.1) is 0 Å². The van der Waals surface area contributed by atoms with Crippen LogP contribution in [0.15, 0.2) is 36.7 Å². The Bertz CT molecular complexity index is 754. The molecule has 1 unspecified atom stereocenters. The van der Waals surface area contributed by atoms with Crippen molar-refractivity contribution in [2.45, 2.75) is 19.1 Å². The van der Waals surface area contributed by atoms with Gasteiger partial charge < -0.3 is 19.9 Å². The quantitative estimate of drug-likeness (QED) is 0.869. The maximum Gasteiger partial charge on any atom is 0.317 e. The number of nitrogens with one attached hydrogen (secondary N) is 1. The van der Waals surface area contributed by atoms with Crippen molar-refractivity contribution in [1.29, 1.82) is 0 Å². The van der Waals surface area contributed by atoms with E-state index >= 15 is 0 Å². The molecule has 1 atom stereocenters. The third-order valence-electron chi connectivity index (χ3n) is 4.13. The Labute approximate surface area is 157 Å². The predicted octanol–water partition coefficient (Wildman–Crippen LogP) is 2.56. The highest BCUT2D eigenvalue weighted by Crippen LogP contribution is 2.18. The fraction of sp³-hybridized carbons (Fsp3) is 0.389. The van der Waals surface area contributed by atoms with Gasteiger partial charge in [-0.3, -0.25) is 4.98 Å². The first kappa shape index (κ1) is 18.3. The predicted molar refractivity (Wildman–Crippen MR) is 101 cm³/mol. The van der Waals surface area contributed by atoms with E-state index in [2.05, 4.69) is 15.3 Å². The van der Waals surface area contributed by atoms with Gasteiger partial charge >= 0.3 is 6.03 Å². The van der Waals surface area contributed by atoms with Gasteiger partial charge in [0.05, 0.1) is 18.9 Å². The van der Waals surface area contributed by atoms with Crippen LogP contribution in [0.1, 0.15) is 12.0 Å². The van der Waals surface area contributed by atoms with Crippen LogP contribution in [0.5, 0.6) is 5.88 Å². The normalized spacial score (nSPS) is 16.4. The van der Waals surface area contributed by atoms with E-state index in [9.17, 15) is 4.79 Å². The van der Waals surface area contributed by atoms with Gasteiger partial charge in [-0.05, 0) is 17.7 Å². The highest BCUT2D eigenvalue weighted by molar-refractivity contribution is 6.30. The van der Waals surface area contributed by atoms with E-state index in [1.807, 2.05) is 43.3 Å². The smallest absolute Gasteiger partial charge is 0.317 e. The molecule has 2 heterocycles. The average molecular weight is 376 g/mol. The number of carbonyl (C=O) groups is 1. The minimum absolute atomic E-state index is 0.0806. The summed E-state index contributed by atoms with van der Waals surface area (Å²) >= 11 is 5.87. The number of carbonyl (C=O) groups excluding carboxylic acids is 1. The van der Waals surface area contributed by atoms with E-state index in [4.69, 9.17) is 16.3 Å². The molecule has 138 valence electrons. The molecule has 0 aliphatic carbocycles. The molecule has 1 aromatic heterocycles. The van der Waals surface area contributed by atoms with Crippen LogP contribution < -0.4 is 15.0 Å². The summed E-state index contributed by atoms with van der Waals surface area (Å²) < 4.78 is 5.89. The number of hydrogen-bond donors (Lipinski definition) is 1. The molecule has 1 aliphatic heterocycles. The second kappa shape index (κ2) is 8.23. The van der Waals surface area contributed by atoms with Gasteiger partial charge in [-0.25, -0.2) is 4.79 Å². The van der Waals surface area contributed by atoms with E-state index in [1.54, 1.807) is 17.3 Å². The van der Waals surface area contributed by atoms with Crippen molar-refractivity contribution < 1.29 is 9.53 Å². The fourth-order valence-corrected chi connectivity index (χ4v) is 2.81. The standard InChI is InChI=1S/C18H22ClN5O2/c1-23(2)16-10-20-11-17(22-16)26-15-7-8-24(12-15)18(25)21-9-13-3-5-14(19)6-4-13/h3-6,10-11,15H,7-9,12H2,1-2H3,(H,21,25). The lowest BCUT2D eigenvalue weighted by atomic mass is 10.2. The number of ether oxygens (including phenoxy) is 1. The molecule has 1 saturated heterocycles. The number of nitrogens with zero attached hydrogens (tertiary/aromatic N) is 4. The zero-order chi connectivity index (χ0) is 18.5. The number of benzene rings is 1. The molecule has 2 amide bonds. The molecule has 26 heavy (non-hydrogen) atoms. The van der Waals surface area contributed by atoms with Crippen molar-refractivity contribution >= 4 is 23.4 Å². The van der Waals surface area contributed by atoms with Crippen LogP contribution in [0.3, 0.4) is 0 Å². The van der Waals surface area contributed by atoms with Gasteiger partial charge in [0.15, 0.2) is 5.82 Å². The Kier molecular flexibility index (Phi) is 5.78. The molecule has 7 nitrogen and oxygen atoms in total. The van der Waals surface area contributed by atoms with Crippen molar-refractivity contribution in [3.8, 4) is 5.88 Å². The van der Waals surface area contributed by atoms with E-state index in [1.165, 1.54) is 0 Å². The summed E-state index contributed by atoms with van der Waals surface area (Å²) in [6, 6.07) is 7.32. The second-order valence-corrected chi connectivity index (χ2v) is 6.81. The van der Waals surface area contributed by atoms with Gasteiger partial charge in [0, 0.05) is 38.6 Å². The summed E-state index contributed by atoms with van der Waals surface area (Å²) in [6.45, 7) is 1.65. The Morgan fingerprint density at radius 3 is 2.85 bits per heavy atom. The topological polar surface area (TPSA) is 70.6 Å². The van der Waals surface area contributed by atoms with E-state index in [-0.39, 0.29) is 12.1 Å².